The van der Waals surface area contributed by atoms with E-state index in [0.29, 0.717) is 13.1 Å². The molecule has 2 rings (SSSR count). The van der Waals surface area contributed by atoms with Crippen LogP contribution in [0.2, 0.25) is 0 Å². The molecule has 0 aromatic carbocycles. The van der Waals surface area contributed by atoms with E-state index in [1.807, 2.05) is 0 Å². The first-order valence-electron chi connectivity index (χ1n) is 7.60. The summed E-state index contributed by atoms with van der Waals surface area (Å²) in [6.07, 6.45) is 3.05. The fraction of sp³-hybridized carbons (Fsp3) is 0.333. The number of aromatic nitrogens is 4. The van der Waals surface area contributed by atoms with Gasteiger partial charge in [0.25, 0.3) is 11.7 Å². The van der Waals surface area contributed by atoms with Crippen molar-refractivity contribution in [3.63, 3.8) is 0 Å². The molecule has 138 valence electrons. The molecule has 1 N–H and O–H groups in total. The van der Waals surface area contributed by atoms with Crippen LogP contribution in [0.5, 0.6) is 0 Å². The van der Waals surface area contributed by atoms with Crippen molar-refractivity contribution < 1.29 is 18.8 Å². The molecule has 0 saturated carbocycles. The highest BCUT2D eigenvalue weighted by molar-refractivity contribution is 5.91. The number of nitrogens with one attached hydrogen (secondary N) is 1. The third-order valence-corrected chi connectivity index (χ3v) is 3.16. The summed E-state index contributed by atoms with van der Waals surface area (Å²) in [5.74, 6) is -1.89. The Kier molecular flexibility index (Phi) is 6.20. The molecule has 0 saturated heterocycles. The molecule has 0 aliphatic carbocycles. The largest absolute Gasteiger partial charge is 0.469 e. The van der Waals surface area contributed by atoms with Gasteiger partial charge in [-0.2, -0.15) is 9.97 Å². The van der Waals surface area contributed by atoms with E-state index in [0.717, 1.165) is 4.57 Å². The monoisotopic (exact) mass is 362 g/mol. The molecule has 11 nitrogen and oxygen atoms in total. The second kappa shape index (κ2) is 8.55. The maximum Gasteiger partial charge on any atom is 0.462 e. The predicted octanol–water partition coefficient (Wildman–Crippen LogP) is 0.148. The summed E-state index contributed by atoms with van der Waals surface area (Å²) in [5, 5.41) is 2.47. The smallest absolute Gasteiger partial charge is 0.462 e. The maximum absolute atomic E-state index is 12.0. The minimum Gasteiger partial charge on any atom is -0.469 e. The van der Waals surface area contributed by atoms with E-state index >= 15 is 0 Å². The molecule has 1 amide bonds. The van der Waals surface area contributed by atoms with Crippen molar-refractivity contribution in [2.24, 2.45) is 0 Å². The molecule has 0 spiro atoms. The first-order valence-corrected chi connectivity index (χ1v) is 7.60. The summed E-state index contributed by atoms with van der Waals surface area (Å²) >= 11 is 0. The van der Waals surface area contributed by atoms with Gasteiger partial charge in [0, 0.05) is 19.5 Å². The second-order valence-electron chi connectivity index (χ2n) is 5.02. The van der Waals surface area contributed by atoms with Gasteiger partial charge in [-0.1, -0.05) is 16.7 Å². The number of carbonyl (C=O) groups excluding carboxylic acids is 2. The van der Waals surface area contributed by atoms with E-state index in [4.69, 9.17) is 4.52 Å². The molecule has 26 heavy (non-hydrogen) atoms. The van der Waals surface area contributed by atoms with Crippen LogP contribution in [0.1, 0.15) is 12.8 Å². The minimum atomic E-state index is -0.888. The number of fused-ring (bicyclic) bond motifs is 1. The summed E-state index contributed by atoms with van der Waals surface area (Å²) in [5.41, 5.74) is 0. The van der Waals surface area contributed by atoms with Crippen molar-refractivity contribution in [2.45, 2.75) is 12.8 Å². The number of esters is 1. The molecule has 11 heteroatoms. The third-order valence-electron chi connectivity index (χ3n) is 3.16. The second-order valence-corrected chi connectivity index (χ2v) is 5.02. The molecule has 0 radical (unpaired) electrons. The summed E-state index contributed by atoms with van der Waals surface area (Å²) in [6, 6.07) is 0. The van der Waals surface area contributed by atoms with Crippen LogP contribution >= 0.6 is 0 Å². The Morgan fingerprint density at radius 3 is 2.54 bits per heavy atom. The van der Waals surface area contributed by atoms with Crippen molar-refractivity contribution in [3.8, 4) is 0 Å². The normalized spacial score (nSPS) is 10.3. The zero-order chi connectivity index (χ0) is 19.1. The van der Waals surface area contributed by atoms with Crippen molar-refractivity contribution in [1.82, 2.24) is 19.5 Å². The first kappa shape index (κ1) is 18.8. The summed E-state index contributed by atoms with van der Waals surface area (Å²) < 4.78 is 10.2. The van der Waals surface area contributed by atoms with E-state index in [9.17, 15) is 14.4 Å². The number of nitrogens with zero attached hydrogens (tertiary/aromatic N) is 5. The van der Waals surface area contributed by atoms with Crippen LogP contribution in [0.3, 0.4) is 0 Å². The van der Waals surface area contributed by atoms with Gasteiger partial charge >= 0.3 is 11.7 Å². The maximum atomic E-state index is 12.0. The average Bonchev–Trinajstić information content (AvgIpc) is 3.00. The number of carbonyl (C=O) groups is 2. The van der Waals surface area contributed by atoms with Crippen molar-refractivity contribution >= 4 is 29.6 Å². The number of methoxy groups -OCH3 is 1. The minimum absolute atomic E-state index is 0.0682. The van der Waals surface area contributed by atoms with Crippen molar-refractivity contribution in [3.05, 3.63) is 35.9 Å². The summed E-state index contributed by atoms with van der Waals surface area (Å²) in [6.45, 7) is 8.13. The van der Waals surface area contributed by atoms with E-state index < -0.39 is 17.6 Å². The van der Waals surface area contributed by atoms with Gasteiger partial charge in [-0.15, -0.1) is 18.1 Å². The van der Waals surface area contributed by atoms with Gasteiger partial charge in [0.2, 0.25) is 11.9 Å². The highest BCUT2D eigenvalue weighted by atomic mass is 16.5. The molecule has 2 heterocycles. The Balaban J connectivity index is 2.35. The number of hydrogen-bond donors (Lipinski definition) is 1. The van der Waals surface area contributed by atoms with Gasteiger partial charge in [-0.3, -0.25) is 14.9 Å². The lowest BCUT2D eigenvalue weighted by atomic mass is 10.3. The molecule has 0 atom stereocenters. The number of ether oxygens (including phenoxy) is 1. The molecule has 0 unspecified atom stereocenters. The number of rotatable bonds is 9. The quantitative estimate of drug-likeness (QED) is 0.489. The van der Waals surface area contributed by atoms with Crippen molar-refractivity contribution in [2.75, 3.05) is 30.4 Å². The van der Waals surface area contributed by atoms with Gasteiger partial charge in [0.05, 0.1) is 13.5 Å². The Bertz CT molecular complexity index is 876. The standard InChI is InChI=1S/C15H18N6O5/c1-4-8-20(9-5-2)12-17-13(16-10(22)6-7-11(23)25-3)21-14(18-12)19-15(24)26-21/h4-5H,1-2,6-9H2,3H3,(H,16,17,18,19,22,24). The lowest BCUT2D eigenvalue weighted by Crippen LogP contribution is -2.27. The number of amides is 1. The van der Waals surface area contributed by atoms with E-state index in [1.165, 1.54) is 7.11 Å². The third kappa shape index (κ3) is 4.53. The van der Waals surface area contributed by atoms with Crippen LogP contribution in [0.4, 0.5) is 11.9 Å². The van der Waals surface area contributed by atoms with Gasteiger partial charge < -0.3 is 14.2 Å². The van der Waals surface area contributed by atoms with E-state index in [-0.39, 0.29) is 30.5 Å². The van der Waals surface area contributed by atoms with Gasteiger partial charge in [0.15, 0.2) is 0 Å². The van der Waals surface area contributed by atoms with Gasteiger partial charge in [0.1, 0.15) is 0 Å². The van der Waals surface area contributed by atoms with E-state index in [2.05, 4.69) is 38.2 Å². The molecule has 0 bridgehead atoms. The van der Waals surface area contributed by atoms with Crippen LogP contribution in [0, 0.1) is 0 Å². The Morgan fingerprint density at radius 1 is 1.23 bits per heavy atom. The Labute approximate surface area is 148 Å². The Morgan fingerprint density at radius 2 is 1.92 bits per heavy atom. The SMILES string of the molecule is C=CCN(CC=C)c1nc(NC(=O)CCC(=O)OC)n2oc(=O)nc2n1. The van der Waals surface area contributed by atoms with Gasteiger partial charge in [-0.25, -0.2) is 4.79 Å². The zero-order valence-electron chi connectivity index (χ0n) is 14.2. The fourth-order valence-electron chi connectivity index (χ4n) is 2.00. The highest BCUT2D eigenvalue weighted by Gasteiger charge is 2.18. The lowest BCUT2D eigenvalue weighted by Gasteiger charge is -2.19. The summed E-state index contributed by atoms with van der Waals surface area (Å²) in [4.78, 5) is 48.3. The molecule has 0 aliphatic heterocycles. The summed E-state index contributed by atoms with van der Waals surface area (Å²) in [7, 11) is 1.23. The van der Waals surface area contributed by atoms with E-state index in [1.54, 1.807) is 17.1 Å². The van der Waals surface area contributed by atoms with Crippen LogP contribution in [-0.4, -0.2) is 51.6 Å². The van der Waals surface area contributed by atoms with Crippen LogP contribution in [0.15, 0.2) is 34.6 Å². The molecule has 0 aliphatic rings. The first-order chi connectivity index (χ1) is 12.5. The number of hydrogen-bond acceptors (Lipinski definition) is 9. The number of anilines is 2. The highest BCUT2D eigenvalue weighted by Crippen LogP contribution is 2.14. The zero-order valence-corrected chi connectivity index (χ0v) is 14.2. The predicted molar refractivity (Wildman–Crippen MR) is 91.8 cm³/mol. The fourth-order valence-corrected chi connectivity index (χ4v) is 2.00. The molecule has 2 aromatic heterocycles. The molecular weight excluding hydrogens is 344 g/mol. The average molecular weight is 362 g/mol. The molecule has 2 aromatic rings. The van der Waals surface area contributed by atoms with Crippen LogP contribution in [0.25, 0.3) is 5.78 Å². The molecule has 0 fully saturated rings. The Hall–Kier alpha value is -3.50. The van der Waals surface area contributed by atoms with Crippen LogP contribution < -0.4 is 16.0 Å². The molecular formula is C15H18N6O5. The van der Waals surface area contributed by atoms with Crippen molar-refractivity contribution in [1.29, 1.82) is 0 Å². The topological polar surface area (TPSA) is 132 Å². The van der Waals surface area contributed by atoms with Crippen LogP contribution in [-0.2, 0) is 14.3 Å². The lowest BCUT2D eigenvalue weighted by molar-refractivity contribution is -0.141. The van der Waals surface area contributed by atoms with Gasteiger partial charge in [-0.05, 0) is 0 Å².